The van der Waals surface area contributed by atoms with Crippen molar-refractivity contribution in [2.45, 2.75) is 17.9 Å². The van der Waals surface area contributed by atoms with E-state index >= 15 is 0 Å². The van der Waals surface area contributed by atoms with Crippen molar-refractivity contribution in [3.8, 4) is 5.69 Å². The summed E-state index contributed by atoms with van der Waals surface area (Å²) in [5, 5.41) is 4.05. The molecular weight excluding hydrogens is 343 g/mol. The van der Waals surface area contributed by atoms with Gasteiger partial charge in [0.2, 0.25) is 10.0 Å². The normalized spacial score (nSPS) is 13.1. The lowest BCUT2D eigenvalue weighted by molar-refractivity contribution is 0.398. The number of hydrogen-bond donors (Lipinski definition) is 0. The zero-order valence-electron chi connectivity index (χ0n) is 13.7. The van der Waals surface area contributed by atoms with E-state index in [4.69, 9.17) is 0 Å². The van der Waals surface area contributed by atoms with Crippen LogP contribution in [0.5, 0.6) is 0 Å². The molecule has 0 N–H and O–H groups in total. The van der Waals surface area contributed by atoms with E-state index in [2.05, 4.69) is 10.1 Å². The number of aromatic nitrogens is 3. The zero-order chi connectivity index (χ0) is 18.0. The van der Waals surface area contributed by atoms with Gasteiger partial charge in [-0.15, -0.1) is 0 Å². The maximum Gasteiger partial charge on any atom is 0.243 e. The van der Waals surface area contributed by atoms with E-state index in [0.717, 1.165) is 23.4 Å². The Balaban J connectivity index is 1.84. The first-order valence-electron chi connectivity index (χ1n) is 7.58. The van der Waals surface area contributed by atoms with Crippen LogP contribution in [0.2, 0.25) is 0 Å². The van der Waals surface area contributed by atoms with Crippen molar-refractivity contribution in [2.75, 3.05) is 7.05 Å². The predicted octanol–water partition coefficient (Wildman–Crippen LogP) is 2.79. The Morgan fingerprint density at radius 2 is 1.72 bits per heavy atom. The number of halogens is 1. The fraction of sp³-hybridized carbons (Fsp3) is 0.176. The average Bonchev–Trinajstić information content (AvgIpc) is 3.15. The van der Waals surface area contributed by atoms with Crippen LogP contribution in [0, 0.1) is 5.82 Å². The molecule has 0 aliphatic rings. The van der Waals surface area contributed by atoms with Gasteiger partial charge < -0.3 is 0 Å². The summed E-state index contributed by atoms with van der Waals surface area (Å²) in [4.78, 5) is 3.95. The first-order chi connectivity index (χ1) is 11.9. The fourth-order valence-corrected chi connectivity index (χ4v) is 3.79. The molecule has 1 heterocycles. The van der Waals surface area contributed by atoms with Gasteiger partial charge in [0, 0.05) is 13.1 Å². The summed E-state index contributed by atoms with van der Waals surface area (Å²) < 4.78 is 41.3. The van der Waals surface area contributed by atoms with Gasteiger partial charge in [-0.25, -0.2) is 22.5 Å². The highest BCUT2D eigenvalue weighted by Gasteiger charge is 2.26. The Morgan fingerprint density at radius 3 is 2.28 bits per heavy atom. The van der Waals surface area contributed by atoms with E-state index in [1.165, 1.54) is 29.8 Å². The van der Waals surface area contributed by atoms with Crippen LogP contribution in [-0.4, -0.2) is 34.5 Å². The van der Waals surface area contributed by atoms with E-state index < -0.39 is 15.8 Å². The molecule has 1 unspecified atom stereocenters. The highest BCUT2D eigenvalue weighted by atomic mass is 32.2. The van der Waals surface area contributed by atoms with Gasteiger partial charge in [0.05, 0.1) is 10.6 Å². The molecule has 0 spiro atoms. The molecule has 130 valence electrons. The summed E-state index contributed by atoms with van der Waals surface area (Å²) in [5.41, 5.74) is 1.66. The highest BCUT2D eigenvalue weighted by molar-refractivity contribution is 7.89. The minimum Gasteiger partial charge on any atom is -0.223 e. The molecule has 1 atom stereocenters. The summed E-state index contributed by atoms with van der Waals surface area (Å²) in [6.45, 7) is 1.80. The summed E-state index contributed by atoms with van der Waals surface area (Å²) in [7, 11) is -2.21. The zero-order valence-corrected chi connectivity index (χ0v) is 14.6. The molecule has 0 fully saturated rings. The molecule has 6 nitrogen and oxygen atoms in total. The van der Waals surface area contributed by atoms with Crippen LogP contribution >= 0.6 is 0 Å². The van der Waals surface area contributed by atoms with Crippen LogP contribution in [0.1, 0.15) is 18.5 Å². The van der Waals surface area contributed by atoms with Crippen LogP contribution in [0.25, 0.3) is 5.69 Å². The van der Waals surface area contributed by atoms with E-state index in [0.29, 0.717) is 0 Å². The Morgan fingerprint density at radius 1 is 1.08 bits per heavy atom. The van der Waals surface area contributed by atoms with E-state index in [9.17, 15) is 12.8 Å². The van der Waals surface area contributed by atoms with Crippen molar-refractivity contribution >= 4 is 10.0 Å². The molecule has 0 saturated carbocycles. The minimum atomic E-state index is -3.72. The minimum absolute atomic E-state index is 0.0579. The van der Waals surface area contributed by atoms with E-state index in [-0.39, 0.29) is 10.9 Å². The second kappa shape index (κ2) is 6.73. The number of rotatable bonds is 5. The van der Waals surface area contributed by atoms with Gasteiger partial charge in [0.1, 0.15) is 18.5 Å². The van der Waals surface area contributed by atoms with Gasteiger partial charge in [-0.3, -0.25) is 0 Å². The Bertz CT molecular complexity index is 939. The molecule has 0 aliphatic carbocycles. The standard InChI is InChI=1S/C17H17FN4O2S/c1-13(14-3-7-16(8-4-14)22-12-19-11-20-22)21(2)25(23,24)17-9-5-15(18)6-10-17/h3-13H,1-2H3. The average molecular weight is 360 g/mol. The lowest BCUT2D eigenvalue weighted by atomic mass is 10.1. The van der Waals surface area contributed by atoms with Gasteiger partial charge in [-0.2, -0.15) is 9.40 Å². The van der Waals surface area contributed by atoms with Crippen LogP contribution < -0.4 is 0 Å². The topological polar surface area (TPSA) is 68.1 Å². The summed E-state index contributed by atoms with van der Waals surface area (Å²) in [6.07, 6.45) is 3.03. The van der Waals surface area contributed by atoms with E-state index in [1.807, 2.05) is 24.3 Å². The summed E-state index contributed by atoms with van der Waals surface area (Å²) in [5.74, 6) is -0.474. The first-order valence-corrected chi connectivity index (χ1v) is 9.02. The SMILES string of the molecule is CC(c1ccc(-n2cncn2)cc1)N(C)S(=O)(=O)c1ccc(F)cc1. The molecule has 8 heteroatoms. The van der Waals surface area contributed by atoms with Gasteiger partial charge in [-0.05, 0) is 48.9 Å². The highest BCUT2D eigenvalue weighted by Crippen LogP contribution is 2.26. The second-order valence-corrected chi connectivity index (χ2v) is 7.58. The third-order valence-electron chi connectivity index (χ3n) is 4.09. The maximum atomic E-state index is 13.0. The van der Waals surface area contributed by atoms with Crippen LogP contribution in [0.3, 0.4) is 0 Å². The maximum absolute atomic E-state index is 13.0. The fourth-order valence-electron chi connectivity index (χ4n) is 2.44. The van der Waals surface area contributed by atoms with Crippen LogP contribution in [0.4, 0.5) is 4.39 Å². The quantitative estimate of drug-likeness (QED) is 0.702. The number of sulfonamides is 1. The smallest absolute Gasteiger partial charge is 0.223 e. The molecule has 1 aromatic heterocycles. The van der Waals surface area contributed by atoms with Gasteiger partial charge in [0.15, 0.2) is 0 Å². The van der Waals surface area contributed by atoms with Gasteiger partial charge in [0.25, 0.3) is 0 Å². The Hall–Kier alpha value is -2.58. The number of benzene rings is 2. The molecule has 0 radical (unpaired) electrons. The van der Waals surface area contributed by atoms with Crippen molar-refractivity contribution in [1.29, 1.82) is 0 Å². The number of hydrogen-bond acceptors (Lipinski definition) is 4. The van der Waals surface area contributed by atoms with Crippen molar-refractivity contribution in [3.63, 3.8) is 0 Å². The van der Waals surface area contributed by atoms with Crippen LogP contribution in [-0.2, 0) is 10.0 Å². The largest absolute Gasteiger partial charge is 0.243 e. The molecule has 0 bridgehead atoms. The third-order valence-corrected chi connectivity index (χ3v) is 6.04. The molecule has 25 heavy (non-hydrogen) atoms. The molecule has 3 rings (SSSR count). The molecule has 0 amide bonds. The van der Waals surface area contributed by atoms with Crippen molar-refractivity contribution < 1.29 is 12.8 Å². The van der Waals surface area contributed by atoms with Crippen molar-refractivity contribution in [2.24, 2.45) is 0 Å². The van der Waals surface area contributed by atoms with Crippen molar-refractivity contribution in [3.05, 3.63) is 72.6 Å². The van der Waals surface area contributed by atoms with Crippen molar-refractivity contribution in [1.82, 2.24) is 19.1 Å². The summed E-state index contributed by atoms with van der Waals surface area (Å²) in [6, 6.07) is 11.8. The molecule has 0 aliphatic heterocycles. The summed E-state index contributed by atoms with van der Waals surface area (Å²) >= 11 is 0. The van der Waals surface area contributed by atoms with Gasteiger partial charge in [-0.1, -0.05) is 12.1 Å². The predicted molar refractivity (Wildman–Crippen MR) is 91.1 cm³/mol. The van der Waals surface area contributed by atoms with Crippen LogP contribution in [0.15, 0.2) is 66.1 Å². The molecule has 3 aromatic rings. The lowest BCUT2D eigenvalue weighted by Crippen LogP contribution is -2.29. The molecule has 2 aromatic carbocycles. The second-order valence-electron chi connectivity index (χ2n) is 5.58. The van der Waals surface area contributed by atoms with Gasteiger partial charge >= 0.3 is 0 Å². The Labute approximate surface area is 145 Å². The first kappa shape index (κ1) is 17.2. The lowest BCUT2D eigenvalue weighted by Gasteiger charge is -2.25. The third kappa shape index (κ3) is 3.45. The molecule has 0 saturated heterocycles. The Kier molecular flexibility index (Phi) is 4.65. The monoisotopic (exact) mass is 360 g/mol. The number of nitrogens with zero attached hydrogens (tertiary/aromatic N) is 4. The molecular formula is C17H17FN4O2S. The van der Waals surface area contributed by atoms with E-state index in [1.54, 1.807) is 17.9 Å².